The third kappa shape index (κ3) is 2.97. The monoisotopic (exact) mass is 300 g/mol. The van der Waals surface area contributed by atoms with E-state index in [-0.39, 0.29) is 11.9 Å². The highest BCUT2D eigenvalue weighted by molar-refractivity contribution is 5.89. The molecule has 0 bridgehead atoms. The van der Waals surface area contributed by atoms with E-state index in [1.54, 1.807) is 12.1 Å². The molecule has 0 spiro atoms. The van der Waals surface area contributed by atoms with Crippen molar-refractivity contribution in [2.24, 2.45) is 4.99 Å². The number of amidine groups is 1. The van der Waals surface area contributed by atoms with Crippen molar-refractivity contribution >= 4 is 5.84 Å². The van der Waals surface area contributed by atoms with Gasteiger partial charge in [0, 0.05) is 18.5 Å². The van der Waals surface area contributed by atoms with Crippen LogP contribution in [0.15, 0.2) is 23.2 Å². The van der Waals surface area contributed by atoms with E-state index in [1.165, 1.54) is 6.07 Å². The summed E-state index contributed by atoms with van der Waals surface area (Å²) in [7, 11) is 0. The van der Waals surface area contributed by atoms with E-state index in [0.717, 1.165) is 6.54 Å². The zero-order valence-corrected chi connectivity index (χ0v) is 11.4. The first-order valence-electron chi connectivity index (χ1n) is 6.75. The highest BCUT2D eigenvalue weighted by Gasteiger charge is 2.36. The number of fused-ring (bicyclic) bond motifs is 1. The minimum absolute atomic E-state index is 0.154. The number of nitrogens with one attached hydrogen (secondary N) is 1. The fourth-order valence-electron chi connectivity index (χ4n) is 2.71. The molecule has 2 aliphatic rings. The van der Waals surface area contributed by atoms with Crippen molar-refractivity contribution in [3.63, 3.8) is 0 Å². The number of aliphatic imine (C=N–C) groups is 1. The summed E-state index contributed by atoms with van der Waals surface area (Å²) in [5.74, 6) is 0.519. The Morgan fingerprint density at radius 2 is 2.19 bits per heavy atom. The zero-order chi connectivity index (χ0) is 15.0. The number of hydrogen-bond donors (Lipinski definition) is 1. The van der Waals surface area contributed by atoms with Crippen molar-refractivity contribution < 1.29 is 22.6 Å². The number of rotatable bonds is 2. The molecule has 3 rings (SSSR count). The summed E-state index contributed by atoms with van der Waals surface area (Å²) in [6.07, 6.45) is -4.98. The second-order valence-electron chi connectivity index (χ2n) is 5.10. The Morgan fingerprint density at radius 1 is 1.38 bits per heavy atom. The Balaban J connectivity index is 2.00. The van der Waals surface area contributed by atoms with E-state index in [4.69, 9.17) is 4.74 Å². The SMILES string of the molecule is C[C@@H]1Cc2c(OC(F)(F)F)cccc2C(C2=NCCN2)O1. The lowest BCUT2D eigenvalue weighted by atomic mass is 9.93. The number of nitrogens with zero attached hydrogens (tertiary/aromatic N) is 1. The smallest absolute Gasteiger partial charge is 0.405 e. The average molecular weight is 300 g/mol. The molecule has 21 heavy (non-hydrogen) atoms. The molecule has 2 atom stereocenters. The van der Waals surface area contributed by atoms with E-state index in [2.05, 4.69) is 15.0 Å². The van der Waals surface area contributed by atoms with Gasteiger partial charge < -0.3 is 14.8 Å². The first-order chi connectivity index (χ1) is 9.94. The molecule has 1 N–H and O–H groups in total. The van der Waals surface area contributed by atoms with Crippen molar-refractivity contribution in [3.05, 3.63) is 29.3 Å². The van der Waals surface area contributed by atoms with Crippen LogP contribution in [0.1, 0.15) is 24.2 Å². The third-order valence-corrected chi connectivity index (χ3v) is 3.49. The van der Waals surface area contributed by atoms with Crippen LogP contribution in [0.2, 0.25) is 0 Å². The van der Waals surface area contributed by atoms with E-state index >= 15 is 0 Å². The third-order valence-electron chi connectivity index (χ3n) is 3.49. The van der Waals surface area contributed by atoms with Gasteiger partial charge in [0.2, 0.25) is 0 Å². The Morgan fingerprint density at radius 3 is 2.86 bits per heavy atom. The van der Waals surface area contributed by atoms with Gasteiger partial charge in [0.05, 0.1) is 12.6 Å². The molecule has 0 amide bonds. The molecule has 0 fully saturated rings. The van der Waals surface area contributed by atoms with Crippen molar-refractivity contribution in [1.82, 2.24) is 5.32 Å². The summed E-state index contributed by atoms with van der Waals surface area (Å²) in [6.45, 7) is 3.20. The lowest BCUT2D eigenvalue weighted by molar-refractivity contribution is -0.275. The Bertz CT molecular complexity index is 572. The summed E-state index contributed by atoms with van der Waals surface area (Å²) in [6, 6.07) is 4.64. The maximum Gasteiger partial charge on any atom is 0.573 e. The number of benzene rings is 1. The molecule has 4 nitrogen and oxygen atoms in total. The summed E-state index contributed by atoms with van der Waals surface area (Å²) in [4.78, 5) is 4.31. The highest BCUT2D eigenvalue weighted by Crippen LogP contribution is 2.38. The maximum absolute atomic E-state index is 12.5. The van der Waals surface area contributed by atoms with E-state index in [0.29, 0.717) is 29.9 Å². The van der Waals surface area contributed by atoms with Crippen LogP contribution >= 0.6 is 0 Å². The van der Waals surface area contributed by atoms with Crippen LogP contribution in [0.4, 0.5) is 13.2 Å². The number of alkyl halides is 3. The minimum Gasteiger partial charge on any atom is -0.405 e. The average Bonchev–Trinajstić information content (AvgIpc) is 2.91. The molecule has 2 heterocycles. The van der Waals surface area contributed by atoms with E-state index in [9.17, 15) is 13.2 Å². The zero-order valence-electron chi connectivity index (χ0n) is 11.4. The lowest BCUT2D eigenvalue weighted by Gasteiger charge is -2.31. The number of ether oxygens (including phenoxy) is 2. The van der Waals surface area contributed by atoms with Crippen molar-refractivity contribution in [1.29, 1.82) is 0 Å². The van der Waals surface area contributed by atoms with Gasteiger partial charge in [-0.15, -0.1) is 13.2 Å². The summed E-state index contributed by atoms with van der Waals surface area (Å²) >= 11 is 0. The van der Waals surface area contributed by atoms with Gasteiger partial charge >= 0.3 is 6.36 Å². The van der Waals surface area contributed by atoms with Gasteiger partial charge in [0.25, 0.3) is 0 Å². The van der Waals surface area contributed by atoms with Gasteiger partial charge in [0.15, 0.2) is 0 Å². The fourth-order valence-corrected chi connectivity index (χ4v) is 2.71. The van der Waals surface area contributed by atoms with Crippen molar-refractivity contribution in [2.75, 3.05) is 13.1 Å². The van der Waals surface area contributed by atoms with Gasteiger partial charge in [-0.1, -0.05) is 12.1 Å². The van der Waals surface area contributed by atoms with Gasteiger partial charge in [-0.2, -0.15) is 0 Å². The Kier molecular flexibility index (Phi) is 3.52. The molecule has 1 unspecified atom stereocenters. The predicted octanol–water partition coefficient (Wildman–Crippen LogP) is 2.59. The standard InChI is InChI=1S/C14H15F3N2O2/c1-8-7-10-9(12(20-8)13-18-5-6-19-13)3-2-4-11(10)21-14(15,16)17/h2-4,8,12H,5-7H2,1H3,(H,18,19)/t8-,12?/m1/s1. The molecule has 0 aliphatic carbocycles. The molecular formula is C14H15F3N2O2. The topological polar surface area (TPSA) is 42.8 Å². The van der Waals surface area contributed by atoms with Crippen molar-refractivity contribution in [3.8, 4) is 5.75 Å². The number of halogens is 3. The van der Waals surface area contributed by atoms with Gasteiger partial charge in [-0.3, -0.25) is 4.99 Å². The molecule has 2 aliphatic heterocycles. The van der Waals surface area contributed by atoms with Crippen LogP contribution in [0.3, 0.4) is 0 Å². The maximum atomic E-state index is 12.5. The van der Waals surface area contributed by atoms with Crippen LogP contribution in [0.25, 0.3) is 0 Å². The molecule has 0 saturated carbocycles. The van der Waals surface area contributed by atoms with Crippen LogP contribution in [-0.2, 0) is 11.2 Å². The first kappa shape index (κ1) is 14.2. The van der Waals surface area contributed by atoms with Gasteiger partial charge in [0.1, 0.15) is 17.7 Å². The molecule has 0 radical (unpaired) electrons. The Hall–Kier alpha value is -1.76. The first-order valence-corrected chi connectivity index (χ1v) is 6.75. The fraction of sp³-hybridized carbons (Fsp3) is 0.500. The molecule has 0 saturated heterocycles. The minimum atomic E-state index is -4.70. The van der Waals surface area contributed by atoms with Crippen LogP contribution < -0.4 is 10.1 Å². The summed E-state index contributed by atoms with van der Waals surface area (Å²) < 4.78 is 47.5. The predicted molar refractivity (Wildman–Crippen MR) is 70.4 cm³/mol. The van der Waals surface area contributed by atoms with Crippen LogP contribution in [0.5, 0.6) is 5.75 Å². The quantitative estimate of drug-likeness (QED) is 0.913. The molecule has 1 aromatic carbocycles. The normalized spacial score (nSPS) is 25.0. The van der Waals surface area contributed by atoms with Gasteiger partial charge in [-0.05, 0) is 18.6 Å². The summed E-state index contributed by atoms with van der Waals surface area (Å²) in [5, 5.41) is 3.12. The number of hydrogen-bond acceptors (Lipinski definition) is 4. The van der Waals surface area contributed by atoms with Crippen LogP contribution in [-0.4, -0.2) is 31.4 Å². The summed E-state index contributed by atoms with van der Waals surface area (Å²) in [5.41, 5.74) is 1.22. The molecule has 114 valence electrons. The van der Waals surface area contributed by atoms with Crippen LogP contribution in [0, 0.1) is 0 Å². The van der Waals surface area contributed by atoms with E-state index in [1.807, 2.05) is 6.92 Å². The second-order valence-corrected chi connectivity index (χ2v) is 5.10. The molecule has 0 aromatic heterocycles. The van der Waals surface area contributed by atoms with Gasteiger partial charge in [-0.25, -0.2) is 0 Å². The second kappa shape index (κ2) is 5.22. The van der Waals surface area contributed by atoms with E-state index < -0.39 is 12.5 Å². The molecule has 7 heteroatoms. The highest BCUT2D eigenvalue weighted by atomic mass is 19.4. The van der Waals surface area contributed by atoms with Crippen molar-refractivity contribution in [2.45, 2.75) is 31.9 Å². The molecule has 1 aromatic rings. The lowest BCUT2D eigenvalue weighted by Crippen LogP contribution is -2.34. The Labute approximate surface area is 120 Å². The largest absolute Gasteiger partial charge is 0.573 e. The molecular weight excluding hydrogens is 285 g/mol.